The Morgan fingerprint density at radius 2 is 2.00 bits per heavy atom. The van der Waals surface area contributed by atoms with Crippen molar-refractivity contribution in [2.75, 3.05) is 13.7 Å². The molecule has 0 saturated carbocycles. The van der Waals surface area contributed by atoms with Crippen molar-refractivity contribution in [2.24, 2.45) is 0 Å². The Morgan fingerprint density at radius 1 is 1.20 bits per heavy atom. The number of hydrogen-bond acceptors (Lipinski definition) is 3. The van der Waals surface area contributed by atoms with Crippen LogP contribution in [-0.2, 0) is 17.6 Å². The van der Waals surface area contributed by atoms with E-state index < -0.39 is 0 Å². The highest BCUT2D eigenvalue weighted by Crippen LogP contribution is 2.18. The first-order chi connectivity index (χ1) is 12.2. The molecule has 0 saturated heterocycles. The van der Waals surface area contributed by atoms with Crippen molar-refractivity contribution in [3.63, 3.8) is 0 Å². The number of ether oxygens (including phenoxy) is 1. The molecule has 5 nitrogen and oxygen atoms in total. The zero-order valence-electron chi connectivity index (χ0n) is 14.7. The van der Waals surface area contributed by atoms with E-state index in [2.05, 4.69) is 41.5 Å². The predicted molar refractivity (Wildman–Crippen MR) is 98.0 cm³/mol. The van der Waals surface area contributed by atoms with Crippen LogP contribution in [0.4, 0.5) is 0 Å². The maximum Gasteiger partial charge on any atom is 0.220 e. The Labute approximate surface area is 147 Å². The van der Waals surface area contributed by atoms with Gasteiger partial charge in [0.2, 0.25) is 5.91 Å². The van der Waals surface area contributed by atoms with Gasteiger partial charge >= 0.3 is 0 Å². The molecule has 0 aliphatic heterocycles. The number of pyridine rings is 1. The fourth-order valence-electron chi connectivity index (χ4n) is 2.75. The summed E-state index contributed by atoms with van der Waals surface area (Å²) in [6.45, 7) is 2.64. The van der Waals surface area contributed by atoms with E-state index in [4.69, 9.17) is 4.74 Å². The Morgan fingerprint density at radius 3 is 2.76 bits per heavy atom. The van der Waals surface area contributed by atoms with Gasteiger partial charge in [0, 0.05) is 31.8 Å². The van der Waals surface area contributed by atoms with Gasteiger partial charge in [0.05, 0.1) is 12.8 Å². The average molecular weight is 337 g/mol. The largest absolute Gasteiger partial charge is 0.493 e. The predicted octanol–water partition coefficient (Wildman–Crippen LogP) is 2.94. The fourth-order valence-corrected chi connectivity index (χ4v) is 2.75. The van der Waals surface area contributed by atoms with Gasteiger partial charge in [0.25, 0.3) is 0 Å². The minimum Gasteiger partial charge on any atom is -0.493 e. The van der Waals surface area contributed by atoms with Gasteiger partial charge < -0.3 is 14.5 Å². The fraction of sp³-hybridized carbons (Fsp3) is 0.300. The topological polar surface area (TPSA) is 55.6 Å². The summed E-state index contributed by atoms with van der Waals surface area (Å²) in [5.74, 6) is 0.817. The number of nitrogens with zero attached hydrogens (tertiary/aromatic N) is 2. The lowest BCUT2D eigenvalue weighted by Crippen LogP contribution is -2.25. The summed E-state index contributed by atoms with van der Waals surface area (Å²) < 4.78 is 7.25. The van der Waals surface area contributed by atoms with Crippen LogP contribution in [0.2, 0.25) is 0 Å². The third kappa shape index (κ3) is 4.38. The third-order valence-corrected chi connectivity index (χ3v) is 4.18. The number of carbonyl (C=O) groups excluding carboxylic acids is 1. The zero-order valence-corrected chi connectivity index (χ0v) is 14.7. The molecular weight excluding hydrogens is 314 g/mol. The van der Waals surface area contributed by atoms with Gasteiger partial charge in [-0.15, -0.1) is 0 Å². The monoisotopic (exact) mass is 337 g/mol. The number of hydrogen-bond donors (Lipinski definition) is 1. The minimum absolute atomic E-state index is 0.0712. The van der Waals surface area contributed by atoms with Crippen molar-refractivity contribution in [1.82, 2.24) is 14.7 Å². The molecule has 3 aromatic rings. The number of methoxy groups -OCH3 is 1. The van der Waals surface area contributed by atoms with Crippen molar-refractivity contribution < 1.29 is 9.53 Å². The molecule has 0 unspecified atom stereocenters. The maximum absolute atomic E-state index is 12.0. The van der Waals surface area contributed by atoms with Crippen molar-refractivity contribution in [2.45, 2.75) is 26.2 Å². The van der Waals surface area contributed by atoms with Crippen molar-refractivity contribution >= 4 is 11.6 Å². The number of fused-ring (bicyclic) bond motifs is 1. The van der Waals surface area contributed by atoms with Crippen LogP contribution in [0.1, 0.15) is 23.2 Å². The molecule has 130 valence electrons. The van der Waals surface area contributed by atoms with Crippen LogP contribution in [-0.4, -0.2) is 28.9 Å². The molecule has 0 aliphatic rings. The molecule has 0 radical (unpaired) electrons. The van der Waals surface area contributed by atoms with Crippen molar-refractivity contribution in [1.29, 1.82) is 0 Å². The smallest absolute Gasteiger partial charge is 0.220 e. The first-order valence-electron chi connectivity index (χ1n) is 8.48. The zero-order chi connectivity index (χ0) is 17.6. The molecule has 3 rings (SSSR count). The van der Waals surface area contributed by atoms with Gasteiger partial charge in [-0.05, 0) is 31.0 Å². The molecule has 0 spiro atoms. The highest BCUT2D eigenvalue weighted by atomic mass is 16.5. The van der Waals surface area contributed by atoms with Crippen molar-refractivity contribution in [3.05, 3.63) is 65.6 Å². The highest BCUT2D eigenvalue weighted by Gasteiger charge is 2.07. The van der Waals surface area contributed by atoms with E-state index in [0.717, 1.165) is 23.5 Å². The second kappa shape index (κ2) is 7.83. The van der Waals surface area contributed by atoms with Crippen LogP contribution >= 0.6 is 0 Å². The number of aryl methyl sites for hydroxylation is 2. The van der Waals surface area contributed by atoms with Crippen LogP contribution in [0.15, 0.2) is 48.8 Å². The van der Waals surface area contributed by atoms with Crippen LogP contribution < -0.4 is 10.1 Å². The number of nitrogens with one attached hydrogen (secondary N) is 1. The van der Waals surface area contributed by atoms with E-state index in [-0.39, 0.29) is 5.91 Å². The van der Waals surface area contributed by atoms with E-state index in [1.165, 1.54) is 11.1 Å². The Kier molecular flexibility index (Phi) is 5.33. The third-order valence-electron chi connectivity index (χ3n) is 4.18. The average Bonchev–Trinajstić information content (AvgIpc) is 3.04. The van der Waals surface area contributed by atoms with Crippen LogP contribution in [0.25, 0.3) is 5.65 Å². The summed E-state index contributed by atoms with van der Waals surface area (Å²) in [7, 11) is 1.64. The lowest BCUT2D eigenvalue weighted by molar-refractivity contribution is -0.121. The summed E-state index contributed by atoms with van der Waals surface area (Å²) in [4.78, 5) is 16.6. The van der Waals surface area contributed by atoms with Gasteiger partial charge in [-0.2, -0.15) is 0 Å². The van der Waals surface area contributed by atoms with E-state index in [9.17, 15) is 4.79 Å². The maximum atomic E-state index is 12.0. The van der Waals surface area contributed by atoms with Crippen LogP contribution in [0.5, 0.6) is 5.75 Å². The van der Waals surface area contributed by atoms with Gasteiger partial charge in [0.1, 0.15) is 0 Å². The molecule has 1 amide bonds. The van der Waals surface area contributed by atoms with E-state index in [0.29, 0.717) is 19.4 Å². The summed E-state index contributed by atoms with van der Waals surface area (Å²) >= 11 is 0. The normalized spacial score (nSPS) is 10.8. The number of rotatable bonds is 7. The standard InChI is InChI=1S/C20H23N3O2/c1-15-5-7-16(8-6-15)9-10-19(24)21-12-11-17-14-23-13-3-4-18(25-2)20(23)22-17/h3-8,13-14H,9-12H2,1-2H3,(H,21,24). The Bertz CT molecular complexity index is 853. The van der Waals surface area contributed by atoms with Crippen molar-refractivity contribution in [3.8, 4) is 5.75 Å². The SMILES string of the molecule is COc1cccn2cc(CCNC(=O)CCc3ccc(C)cc3)nc12. The molecule has 0 fully saturated rings. The first-order valence-corrected chi connectivity index (χ1v) is 8.48. The molecule has 1 aromatic carbocycles. The number of amides is 1. The molecule has 0 bridgehead atoms. The molecule has 0 aliphatic carbocycles. The van der Waals surface area contributed by atoms with E-state index >= 15 is 0 Å². The number of benzene rings is 1. The highest BCUT2D eigenvalue weighted by molar-refractivity contribution is 5.76. The minimum atomic E-state index is 0.0712. The Hall–Kier alpha value is -2.82. The second-order valence-corrected chi connectivity index (χ2v) is 6.13. The molecule has 2 heterocycles. The number of imidazole rings is 1. The molecule has 25 heavy (non-hydrogen) atoms. The Balaban J connectivity index is 1.47. The summed E-state index contributed by atoms with van der Waals surface area (Å²) in [6, 6.07) is 12.1. The van der Waals surface area contributed by atoms with Crippen LogP contribution in [0.3, 0.4) is 0 Å². The number of aromatic nitrogens is 2. The lowest BCUT2D eigenvalue weighted by atomic mass is 10.1. The summed E-state index contributed by atoms with van der Waals surface area (Å²) in [5, 5.41) is 2.97. The van der Waals surface area contributed by atoms with Crippen LogP contribution in [0, 0.1) is 6.92 Å². The second-order valence-electron chi connectivity index (χ2n) is 6.13. The molecule has 1 N–H and O–H groups in total. The molecule has 5 heteroatoms. The summed E-state index contributed by atoms with van der Waals surface area (Å²) in [6.07, 6.45) is 5.87. The molecule has 2 aromatic heterocycles. The number of carbonyl (C=O) groups is 1. The first kappa shape index (κ1) is 17.0. The van der Waals surface area contributed by atoms with E-state index in [1.807, 2.05) is 28.9 Å². The van der Waals surface area contributed by atoms with Gasteiger partial charge in [0.15, 0.2) is 11.4 Å². The van der Waals surface area contributed by atoms with Gasteiger partial charge in [-0.3, -0.25) is 4.79 Å². The van der Waals surface area contributed by atoms with E-state index in [1.54, 1.807) is 7.11 Å². The van der Waals surface area contributed by atoms with Gasteiger partial charge in [-0.25, -0.2) is 4.98 Å². The molecule has 0 atom stereocenters. The van der Waals surface area contributed by atoms with Gasteiger partial charge in [-0.1, -0.05) is 29.8 Å². The quantitative estimate of drug-likeness (QED) is 0.721. The summed E-state index contributed by atoms with van der Waals surface area (Å²) in [5.41, 5.74) is 4.15. The lowest BCUT2D eigenvalue weighted by Gasteiger charge is -2.04. The molecular formula is C20H23N3O2.